The topological polar surface area (TPSA) is 70.5 Å². The van der Waals surface area contributed by atoms with Crippen LogP contribution in [0.4, 0.5) is 19.0 Å². The van der Waals surface area contributed by atoms with Crippen molar-refractivity contribution in [1.29, 1.82) is 0 Å². The molecule has 1 aromatic carbocycles. The van der Waals surface area contributed by atoms with Crippen molar-refractivity contribution in [2.45, 2.75) is 6.18 Å². The molecule has 0 aliphatic heterocycles. The second kappa shape index (κ2) is 3.78. The first kappa shape index (κ1) is 11.6. The Bertz CT molecular complexity index is 739. The SMILES string of the molecule is Nc1[nH]ncc1-c1ccc2[nH]c(C(F)(F)F)cc2c1. The molecule has 19 heavy (non-hydrogen) atoms. The molecule has 2 aromatic heterocycles. The maximum absolute atomic E-state index is 12.6. The second-order valence-electron chi connectivity index (χ2n) is 4.18. The molecule has 98 valence electrons. The normalized spacial score (nSPS) is 12.2. The van der Waals surface area contributed by atoms with Crippen LogP contribution in [0.2, 0.25) is 0 Å². The van der Waals surface area contributed by atoms with E-state index < -0.39 is 11.9 Å². The Kier molecular flexibility index (Phi) is 2.31. The summed E-state index contributed by atoms with van der Waals surface area (Å²) in [5.41, 5.74) is 6.73. The van der Waals surface area contributed by atoms with E-state index in [1.165, 1.54) is 6.20 Å². The molecular formula is C12H9F3N4. The third-order valence-electron chi connectivity index (χ3n) is 2.91. The summed E-state index contributed by atoms with van der Waals surface area (Å²) in [6.07, 6.45) is -2.85. The fourth-order valence-electron chi connectivity index (χ4n) is 1.98. The van der Waals surface area contributed by atoms with Gasteiger partial charge in [0, 0.05) is 16.5 Å². The number of rotatable bonds is 1. The second-order valence-corrected chi connectivity index (χ2v) is 4.18. The highest BCUT2D eigenvalue weighted by Crippen LogP contribution is 2.33. The van der Waals surface area contributed by atoms with Crippen LogP contribution in [0.3, 0.4) is 0 Å². The van der Waals surface area contributed by atoms with E-state index >= 15 is 0 Å². The summed E-state index contributed by atoms with van der Waals surface area (Å²) in [6.45, 7) is 0. The fraction of sp³-hybridized carbons (Fsp3) is 0.0833. The van der Waals surface area contributed by atoms with Crippen molar-refractivity contribution in [3.63, 3.8) is 0 Å². The lowest BCUT2D eigenvalue weighted by molar-refractivity contribution is -0.140. The molecule has 7 heteroatoms. The number of hydrogen-bond acceptors (Lipinski definition) is 2. The van der Waals surface area contributed by atoms with Gasteiger partial charge in [-0.25, -0.2) is 0 Å². The van der Waals surface area contributed by atoms with Crippen molar-refractivity contribution >= 4 is 16.7 Å². The van der Waals surface area contributed by atoms with Crippen molar-refractivity contribution < 1.29 is 13.2 Å². The number of fused-ring (bicyclic) bond motifs is 1. The lowest BCUT2D eigenvalue weighted by Gasteiger charge is -2.00. The van der Waals surface area contributed by atoms with Gasteiger partial charge in [0.05, 0.1) is 6.20 Å². The largest absolute Gasteiger partial charge is 0.431 e. The molecule has 0 saturated carbocycles. The van der Waals surface area contributed by atoms with Gasteiger partial charge in [-0.1, -0.05) is 6.07 Å². The van der Waals surface area contributed by atoms with E-state index in [1.807, 2.05) is 0 Å². The van der Waals surface area contributed by atoms with Crippen LogP contribution in [0, 0.1) is 0 Å². The monoisotopic (exact) mass is 266 g/mol. The van der Waals surface area contributed by atoms with Crippen molar-refractivity contribution in [3.8, 4) is 11.1 Å². The van der Waals surface area contributed by atoms with E-state index in [2.05, 4.69) is 15.2 Å². The van der Waals surface area contributed by atoms with Gasteiger partial charge >= 0.3 is 6.18 Å². The third kappa shape index (κ3) is 1.92. The number of nitrogens with two attached hydrogens (primary N) is 1. The van der Waals surface area contributed by atoms with Gasteiger partial charge in [0.25, 0.3) is 0 Å². The Morgan fingerprint density at radius 1 is 1.16 bits per heavy atom. The van der Waals surface area contributed by atoms with Gasteiger partial charge in [-0.15, -0.1) is 0 Å². The van der Waals surface area contributed by atoms with Gasteiger partial charge in [-0.3, -0.25) is 5.10 Å². The molecule has 0 saturated heterocycles. The van der Waals surface area contributed by atoms with Gasteiger partial charge in [-0.05, 0) is 23.8 Å². The summed E-state index contributed by atoms with van der Waals surface area (Å²) in [4.78, 5) is 2.34. The molecule has 0 bridgehead atoms. The van der Waals surface area contributed by atoms with Crippen LogP contribution in [0.5, 0.6) is 0 Å². The standard InChI is InChI=1S/C12H9F3N4/c13-12(14,15)10-4-7-3-6(1-2-9(7)18-10)8-5-17-19-11(8)16/h1-5,18H,(H3,16,17,19). The maximum Gasteiger partial charge on any atom is 0.431 e. The number of benzene rings is 1. The Morgan fingerprint density at radius 2 is 1.95 bits per heavy atom. The summed E-state index contributed by atoms with van der Waals surface area (Å²) < 4.78 is 37.8. The molecule has 3 aromatic rings. The number of halogens is 3. The van der Waals surface area contributed by atoms with Gasteiger partial charge in [0.1, 0.15) is 11.5 Å². The lowest BCUT2D eigenvalue weighted by atomic mass is 10.1. The minimum Gasteiger partial charge on any atom is -0.384 e. The Hall–Kier alpha value is -2.44. The zero-order chi connectivity index (χ0) is 13.6. The average Bonchev–Trinajstić information content (AvgIpc) is 2.92. The molecule has 0 spiro atoms. The van der Waals surface area contributed by atoms with Gasteiger partial charge < -0.3 is 10.7 Å². The highest BCUT2D eigenvalue weighted by atomic mass is 19.4. The fourth-order valence-corrected chi connectivity index (χ4v) is 1.98. The van der Waals surface area contributed by atoms with E-state index in [-0.39, 0.29) is 0 Å². The van der Waals surface area contributed by atoms with E-state index in [0.717, 1.165) is 6.07 Å². The number of aromatic nitrogens is 3. The molecule has 0 fully saturated rings. The quantitative estimate of drug-likeness (QED) is 0.633. The smallest absolute Gasteiger partial charge is 0.384 e. The maximum atomic E-state index is 12.6. The summed E-state index contributed by atoms with van der Waals surface area (Å²) in [6, 6.07) is 6.00. The lowest BCUT2D eigenvalue weighted by Crippen LogP contribution is -2.04. The van der Waals surface area contributed by atoms with E-state index in [0.29, 0.717) is 27.8 Å². The van der Waals surface area contributed by atoms with Gasteiger partial charge in [-0.2, -0.15) is 18.3 Å². The number of nitrogen functional groups attached to an aromatic ring is 1. The molecule has 0 radical (unpaired) electrons. The van der Waals surface area contributed by atoms with Crippen molar-refractivity contribution in [1.82, 2.24) is 15.2 Å². The Labute approximate surface area is 105 Å². The molecule has 3 rings (SSSR count). The van der Waals surface area contributed by atoms with E-state index in [9.17, 15) is 13.2 Å². The van der Waals surface area contributed by atoms with Crippen molar-refractivity contribution in [2.75, 3.05) is 5.73 Å². The van der Waals surface area contributed by atoms with Gasteiger partial charge in [0.15, 0.2) is 0 Å². The molecule has 4 nitrogen and oxygen atoms in total. The van der Waals surface area contributed by atoms with Gasteiger partial charge in [0.2, 0.25) is 0 Å². The summed E-state index contributed by atoms with van der Waals surface area (Å²) >= 11 is 0. The molecule has 0 aliphatic rings. The summed E-state index contributed by atoms with van der Waals surface area (Å²) in [7, 11) is 0. The number of nitrogens with one attached hydrogen (secondary N) is 2. The molecule has 0 aliphatic carbocycles. The Morgan fingerprint density at radius 3 is 2.58 bits per heavy atom. The van der Waals surface area contributed by atoms with E-state index in [4.69, 9.17) is 5.73 Å². The molecule has 0 amide bonds. The van der Waals surface area contributed by atoms with Crippen LogP contribution < -0.4 is 5.73 Å². The molecule has 4 N–H and O–H groups in total. The number of alkyl halides is 3. The first-order valence-electron chi connectivity index (χ1n) is 5.44. The highest BCUT2D eigenvalue weighted by molar-refractivity contribution is 5.87. The Balaban J connectivity index is 2.14. The molecule has 0 unspecified atom stereocenters. The predicted octanol–water partition coefficient (Wildman–Crippen LogP) is 3.16. The van der Waals surface area contributed by atoms with E-state index in [1.54, 1.807) is 18.2 Å². The summed E-state index contributed by atoms with van der Waals surface area (Å²) in [5, 5.41) is 6.85. The molecular weight excluding hydrogens is 257 g/mol. The zero-order valence-corrected chi connectivity index (χ0v) is 9.55. The third-order valence-corrected chi connectivity index (χ3v) is 2.91. The van der Waals surface area contributed by atoms with Crippen molar-refractivity contribution in [2.24, 2.45) is 0 Å². The van der Waals surface area contributed by atoms with Crippen LogP contribution in [-0.4, -0.2) is 15.2 Å². The number of H-pyrrole nitrogens is 2. The first-order valence-corrected chi connectivity index (χ1v) is 5.44. The number of nitrogens with zero attached hydrogens (tertiary/aromatic N) is 1. The highest BCUT2D eigenvalue weighted by Gasteiger charge is 2.32. The van der Waals surface area contributed by atoms with Crippen LogP contribution >= 0.6 is 0 Å². The zero-order valence-electron chi connectivity index (χ0n) is 9.55. The minimum atomic E-state index is -4.38. The minimum absolute atomic E-state index is 0.380. The number of anilines is 1. The number of aromatic amines is 2. The molecule has 0 atom stereocenters. The van der Waals surface area contributed by atoms with Crippen molar-refractivity contribution in [3.05, 3.63) is 36.2 Å². The van der Waals surface area contributed by atoms with Crippen LogP contribution in [0.25, 0.3) is 22.0 Å². The molecule has 2 heterocycles. The average molecular weight is 266 g/mol. The predicted molar refractivity (Wildman–Crippen MR) is 65.3 cm³/mol. The number of hydrogen-bond donors (Lipinski definition) is 3. The van der Waals surface area contributed by atoms with Crippen LogP contribution in [-0.2, 0) is 6.18 Å². The first-order chi connectivity index (χ1) is 8.95. The van der Waals surface area contributed by atoms with Crippen LogP contribution in [0.1, 0.15) is 5.69 Å². The summed E-state index contributed by atoms with van der Waals surface area (Å²) in [5.74, 6) is 0.380. The van der Waals surface area contributed by atoms with Crippen LogP contribution in [0.15, 0.2) is 30.5 Å².